The Balaban J connectivity index is 1.81. The van der Waals surface area contributed by atoms with Gasteiger partial charge >= 0.3 is 5.97 Å². The molecule has 0 heterocycles. The molecule has 3 heteroatoms. The van der Waals surface area contributed by atoms with Crippen LogP contribution in [-0.4, -0.2) is 12.6 Å². The Kier molecular flexibility index (Phi) is 5.19. The zero-order valence-corrected chi connectivity index (χ0v) is 14.1. The summed E-state index contributed by atoms with van der Waals surface area (Å²) in [4.78, 5) is 14.5. The standard InChI is InChI=1S/C20H20O2S/c1-2-22-20(21)16-13-11-15(12-14-16)18-9-6-10-19(18)23-17-7-4-3-5-8-17/h3-5,7-8,11-14H,2,6,9-10H2,1H3. The Morgan fingerprint density at radius 3 is 2.48 bits per heavy atom. The predicted octanol–water partition coefficient (Wildman–Crippen LogP) is 5.55. The molecule has 0 amide bonds. The fourth-order valence-electron chi connectivity index (χ4n) is 2.79. The van der Waals surface area contributed by atoms with E-state index in [1.807, 2.05) is 49.0 Å². The van der Waals surface area contributed by atoms with Crippen molar-refractivity contribution in [1.82, 2.24) is 0 Å². The highest BCUT2D eigenvalue weighted by molar-refractivity contribution is 8.03. The highest BCUT2D eigenvalue weighted by atomic mass is 32.2. The zero-order chi connectivity index (χ0) is 16.1. The van der Waals surface area contributed by atoms with Crippen molar-refractivity contribution in [1.29, 1.82) is 0 Å². The molecule has 0 aliphatic heterocycles. The summed E-state index contributed by atoms with van der Waals surface area (Å²) >= 11 is 1.86. The fraction of sp³-hybridized carbons (Fsp3) is 0.250. The Hall–Kier alpha value is -2.00. The van der Waals surface area contributed by atoms with Gasteiger partial charge in [-0.25, -0.2) is 4.79 Å². The van der Waals surface area contributed by atoms with E-state index in [2.05, 4.69) is 24.3 Å². The third-order valence-corrected chi connectivity index (χ3v) is 5.10. The number of carbonyl (C=O) groups is 1. The average molecular weight is 324 g/mol. The van der Waals surface area contributed by atoms with E-state index in [0.717, 1.165) is 12.8 Å². The number of thioether (sulfide) groups is 1. The number of ether oxygens (including phenoxy) is 1. The molecular weight excluding hydrogens is 304 g/mol. The number of rotatable bonds is 5. The maximum atomic E-state index is 11.7. The SMILES string of the molecule is CCOC(=O)c1ccc(C2=C(Sc3ccccc3)CCC2)cc1. The van der Waals surface area contributed by atoms with Crippen LogP contribution >= 0.6 is 11.8 Å². The summed E-state index contributed by atoms with van der Waals surface area (Å²) in [6.45, 7) is 2.23. The monoisotopic (exact) mass is 324 g/mol. The second-order valence-electron chi connectivity index (χ2n) is 5.47. The molecule has 0 spiro atoms. The topological polar surface area (TPSA) is 26.3 Å². The van der Waals surface area contributed by atoms with Crippen LogP contribution in [0.2, 0.25) is 0 Å². The van der Waals surface area contributed by atoms with Crippen LogP contribution < -0.4 is 0 Å². The molecule has 0 fully saturated rings. The van der Waals surface area contributed by atoms with Gasteiger partial charge in [0, 0.05) is 4.90 Å². The van der Waals surface area contributed by atoms with E-state index in [1.54, 1.807) is 0 Å². The van der Waals surface area contributed by atoms with Crippen LogP contribution in [0.4, 0.5) is 0 Å². The Bertz CT molecular complexity index is 702. The number of esters is 1. The van der Waals surface area contributed by atoms with E-state index in [0.29, 0.717) is 12.2 Å². The smallest absolute Gasteiger partial charge is 0.338 e. The molecule has 2 aromatic rings. The molecule has 23 heavy (non-hydrogen) atoms. The summed E-state index contributed by atoms with van der Waals surface area (Å²) in [6, 6.07) is 18.3. The van der Waals surface area contributed by atoms with Crippen LogP contribution in [0.5, 0.6) is 0 Å². The zero-order valence-electron chi connectivity index (χ0n) is 13.2. The van der Waals surface area contributed by atoms with Gasteiger partial charge in [0.1, 0.15) is 0 Å². The van der Waals surface area contributed by atoms with E-state index in [-0.39, 0.29) is 5.97 Å². The minimum atomic E-state index is -0.252. The first kappa shape index (κ1) is 15.9. The van der Waals surface area contributed by atoms with Gasteiger partial charge in [-0.15, -0.1) is 0 Å². The first-order valence-electron chi connectivity index (χ1n) is 8.00. The van der Waals surface area contributed by atoms with Crippen LogP contribution in [0.3, 0.4) is 0 Å². The lowest BCUT2D eigenvalue weighted by Gasteiger charge is -2.09. The molecule has 1 aliphatic rings. The molecule has 0 bridgehead atoms. The molecule has 0 N–H and O–H groups in total. The molecule has 1 aliphatic carbocycles. The molecule has 3 rings (SSSR count). The fourth-order valence-corrected chi connectivity index (χ4v) is 3.95. The van der Waals surface area contributed by atoms with Crippen molar-refractivity contribution in [3.05, 3.63) is 70.6 Å². The van der Waals surface area contributed by atoms with Crippen molar-refractivity contribution in [2.24, 2.45) is 0 Å². The van der Waals surface area contributed by atoms with Crippen LogP contribution in [0.25, 0.3) is 5.57 Å². The lowest BCUT2D eigenvalue weighted by atomic mass is 10.0. The van der Waals surface area contributed by atoms with E-state index in [9.17, 15) is 4.79 Å². The van der Waals surface area contributed by atoms with Gasteiger partial charge in [0.05, 0.1) is 12.2 Å². The molecular formula is C20H20O2S. The first-order chi connectivity index (χ1) is 11.3. The second-order valence-corrected chi connectivity index (χ2v) is 6.64. The molecule has 0 saturated heterocycles. The minimum absolute atomic E-state index is 0.252. The predicted molar refractivity (Wildman–Crippen MR) is 95.5 cm³/mol. The molecule has 118 valence electrons. The van der Waals surface area contributed by atoms with Crippen molar-refractivity contribution in [2.45, 2.75) is 31.1 Å². The lowest BCUT2D eigenvalue weighted by molar-refractivity contribution is 0.0526. The van der Waals surface area contributed by atoms with Crippen LogP contribution in [-0.2, 0) is 4.74 Å². The Morgan fingerprint density at radius 1 is 1.04 bits per heavy atom. The first-order valence-corrected chi connectivity index (χ1v) is 8.82. The van der Waals surface area contributed by atoms with E-state index in [4.69, 9.17) is 4.74 Å². The molecule has 0 radical (unpaired) electrons. The molecule has 0 atom stereocenters. The van der Waals surface area contributed by atoms with Gasteiger partial charge in [-0.2, -0.15) is 0 Å². The number of hydrogen-bond donors (Lipinski definition) is 0. The molecule has 0 aromatic heterocycles. The second kappa shape index (κ2) is 7.51. The summed E-state index contributed by atoms with van der Waals surface area (Å²) < 4.78 is 5.04. The van der Waals surface area contributed by atoms with Crippen LogP contribution in [0.1, 0.15) is 42.1 Å². The molecule has 0 unspecified atom stereocenters. The summed E-state index contributed by atoms with van der Waals surface area (Å²) in [5, 5.41) is 0. The third-order valence-electron chi connectivity index (χ3n) is 3.90. The van der Waals surface area contributed by atoms with Gasteiger partial charge < -0.3 is 4.74 Å². The highest BCUT2D eigenvalue weighted by Gasteiger charge is 2.17. The normalized spacial score (nSPS) is 14.1. The summed E-state index contributed by atoms with van der Waals surface area (Å²) in [7, 11) is 0. The van der Waals surface area contributed by atoms with Crippen molar-refractivity contribution in [3.8, 4) is 0 Å². The summed E-state index contributed by atoms with van der Waals surface area (Å²) in [5.74, 6) is -0.252. The largest absolute Gasteiger partial charge is 0.462 e. The van der Waals surface area contributed by atoms with Crippen LogP contribution in [0.15, 0.2) is 64.4 Å². The van der Waals surface area contributed by atoms with Crippen molar-refractivity contribution < 1.29 is 9.53 Å². The van der Waals surface area contributed by atoms with E-state index in [1.165, 1.54) is 27.4 Å². The van der Waals surface area contributed by atoms with E-state index >= 15 is 0 Å². The third kappa shape index (κ3) is 3.85. The summed E-state index contributed by atoms with van der Waals surface area (Å²) in [6.07, 6.45) is 3.44. The van der Waals surface area contributed by atoms with Gasteiger partial charge in [-0.1, -0.05) is 42.1 Å². The van der Waals surface area contributed by atoms with Crippen molar-refractivity contribution in [3.63, 3.8) is 0 Å². The molecule has 2 aromatic carbocycles. The maximum Gasteiger partial charge on any atom is 0.338 e. The van der Waals surface area contributed by atoms with Crippen molar-refractivity contribution in [2.75, 3.05) is 6.61 Å². The maximum absolute atomic E-state index is 11.7. The highest BCUT2D eigenvalue weighted by Crippen LogP contribution is 2.42. The van der Waals surface area contributed by atoms with Gasteiger partial charge in [-0.3, -0.25) is 0 Å². The average Bonchev–Trinajstić information content (AvgIpc) is 3.04. The van der Waals surface area contributed by atoms with Gasteiger partial charge in [-0.05, 0) is 66.5 Å². The lowest BCUT2D eigenvalue weighted by Crippen LogP contribution is -2.04. The summed E-state index contributed by atoms with van der Waals surface area (Å²) in [5.41, 5.74) is 3.25. The Morgan fingerprint density at radius 2 is 1.78 bits per heavy atom. The van der Waals surface area contributed by atoms with Crippen molar-refractivity contribution >= 4 is 23.3 Å². The number of benzene rings is 2. The quantitative estimate of drug-likeness (QED) is 0.674. The number of allylic oxidation sites excluding steroid dienone is 2. The number of hydrogen-bond acceptors (Lipinski definition) is 3. The van der Waals surface area contributed by atoms with Gasteiger partial charge in [0.15, 0.2) is 0 Å². The molecule has 2 nitrogen and oxygen atoms in total. The van der Waals surface area contributed by atoms with Crippen LogP contribution in [0, 0.1) is 0 Å². The van der Waals surface area contributed by atoms with Gasteiger partial charge in [0.25, 0.3) is 0 Å². The minimum Gasteiger partial charge on any atom is -0.462 e. The number of carbonyl (C=O) groups excluding carboxylic acids is 1. The van der Waals surface area contributed by atoms with Gasteiger partial charge in [0.2, 0.25) is 0 Å². The molecule has 0 saturated carbocycles. The Labute approximate surface area is 141 Å². The van der Waals surface area contributed by atoms with E-state index < -0.39 is 0 Å².